The van der Waals surface area contributed by atoms with Crippen LogP contribution in [0, 0.1) is 5.92 Å². The molecule has 6 rings (SSSR count). The third kappa shape index (κ3) is 4.22. The Labute approximate surface area is 210 Å². The Hall–Kier alpha value is -2.87. The number of ether oxygens (including phenoxy) is 2. The van der Waals surface area contributed by atoms with Gasteiger partial charge >= 0.3 is 0 Å². The highest BCUT2D eigenvalue weighted by molar-refractivity contribution is 7.19. The van der Waals surface area contributed by atoms with Crippen molar-refractivity contribution >= 4 is 33.3 Å². The van der Waals surface area contributed by atoms with E-state index in [2.05, 4.69) is 18.7 Å². The molecule has 184 valence electrons. The minimum atomic E-state index is 0.0429. The molecule has 0 radical (unpaired) electrons. The van der Waals surface area contributed by atoms with Crippen LogP contribution in [-0.2, 0) is 19.3 Å². The fourth-order valence-corrected chi connectivity index (χ4v) is 6.77. The second-order valence-corrected chi connectivity index (χ2v) is 11.0. The largest absolute Gasteiger partial charge is 0.454 e. The van der Waals surface area contributed by atoms with E-state index >= 15 is 0 Å². The van der Waals surface area contributed by atoms with Gasteiger partial charge in [0, 0.05) is 43.0 Å². The van der Waals surface area contributed by atoms with Crippen molar-refractivity contribution < 1.29 is 14.3 Å². The van der Waals surface area contributed by atoms with Crippen molar-refractivity contribution in [3.05, 3.63) is 40.0 Å². The highest BCUT2D eigenvalue weighted by atomic mass is 32.1. The lowest BCUT2D eigenvalue weighted by Crippen LogP contribution is -2.49. The number of carbonyl (C=O) groups excluding carboxylic acids is 1. The van der Waals surface area contributed by atoms with Gasteiger partial charge in [-0.15, -0.1) is 11.3 Å². The van der Waals surface area contributed by atoms with E-state index in [9.17, 15) is 4.79 Å². The third-order valence-corrected chi connectivity index (χ3v) is 8.57. The lowest BCUT2D eigenvalue weighted by molar-refractivity contribution is 0.0746. The summed E-state index contributed by atoms with van der Waals surface area (Å²) in [5, 5.41) is 1.27. The zero-order chi connectivity index (χ0) is 23.9. The molecule has 1 aromatic carbocycles. The predicted octanol–water partition coefficient (Wildman–Crippen LogP) is 4.85. The number of nitrogens with zero attached hydrogens (tertiary/aromatic N) is 4. The Morgan fingerprint density at radius 3 is 2.80 bits per heavy atom. The molecule has 4 heterocycles. The number of benzene rings is 1. The summed E-state index contributed by atoms with van der Waals surface area (Å²) in [4.78, 5) is 30.3. The SMILES string of the molecule is CCCCc1nc(N2CCN(C(=O)c3ccc4c(c3)OCO4)CC2)c2c3c(sc2n1)CC(C)CC3. The predicted molar refractivity (Wildman–Crippen MR) is 138 cm³/mol. The van der Waals surface area contributed by atoms with Crippen molar-refractivity contribution in [2.75, 3.05) is 37.9 Å². The number of hydrogen-bond acceptors (Lipinski definition) is 7. The van der Waals surface area contributed by atoms with Crippen LogP contribution in [0.15, 0.2) is 18.2 Å². The van der Waals surface area contributed by atoms with Crippen LogP contribution >= 0.6 is 11.3 Å². The fraction of sp³-hybridized carbons (Fsp3) is 0.519. The molecule has 1 unspecified atom stereocenters. The van der Waals surface area contributed by atoms with Crippen molar-refractivity contribution in [3.63, 3.8) is 0 Å². The summed E-state index contributed by atoms with van der Waals surface area (Å²) >= 11 is 1.88. The van der Waals surface area contributed by atoms with Gasteiger partial charge < -0.3 is 19.3 Å². The van der Waals surface area contributed by atoms with Crippen molar-refractivity contribution in [1.82, 2.24) is 14.9 Å². The van der Waals surface area contributed by atoms with Gasteiger partial charge in [-0.3, -0.25) is 4.79 Å². The molecule has 0 N–H and O–H groups in total. The molecule has 1 atom stereocenters. The number of piperazine rings is 1. The number of anilines is 1. The first-order chi connectivity index (χ1) is 17.1. The maximum atomic E-state index is 13.2. The molecule has 0 saturated carbocycles. The van der Waals surface area contributed by atoms with E-state index in [1.165, 1.54) is 22.2 Å². The molecule has 0 spiro atoms. The van der Waals surface area contributed by atoms with Gasteiger partial charge in [-0.25, -0.2) is 9.97 Å². The molecule has 0 bridgehead atoms. The maximum absolute atomic E-state index is 13.2. The molecule has 1 saturated heterocycles. The van der Waals surface area contributed by atoms with E-state index in [0.717, 1.165) is 67.6 Å². The molecule has 2 aromatic heterocycles. The van der Waals surface area contributed by atoms with E-state index in [0.29, 0.717) is 30.2 Å². The monoisotopic (exact) mass is 492 g/mol. The summed E-state index contributed by atoms with van der Waals surface area (Å²) in [6.07, 6.45) is 6.65. The number of unbranched alkanes of at least 4 members (excludes halogenated alkanes) is 1. The first kappa shape index (κ1) is 22.6. The number of hydrogen-bond donors (Lipinski definition) is 0. The number of thiophene rings is 1. The molecule has 2 aliphatic heterocycles. The van der Waals surface area contributed by atoms with Gasteiger partial charge in [-0.1, -0.05) is 20.3 Å². The molecule has 1 aliphatic carbocycles. The molecule has 35 heavy (non-hydrogen) atoms. The summed E-state index contributed by atoms with van der Waals surface area (Å²) in [5.74, 6) is 4.17. The molecule has 8 heteroatoms. The van der Waals surface area contributed by atoms with E-state index in [4.69, 9.17) is 19.4 Å². The number of fused-ring (bicyclic) bond motifs is 4. The number of aryl methyl sites for hydroxylation is 2. The van der Waals surface area contributed by atoms with Gasteiger partial charge in [0.2, 0.25) is 6.79 Å². The fourth-order valence-electron chi connectivity index (χ4n) is 5.38. The first-order valence-electron chi connectivity index (χ1n) is 12.9. The van der Waals surface area contributed by atoms with Crippen molar-refractivity contribution in [2.45, 2.75) is 52.4 Å². The highest BCUT2D eigenvalue weighted by Crippen LogP contribution is 2.41. The van der Waals surface area contributed by atoms with E-state index < -0.39 is 0 Å². The molecule has 7 nitrogen and oxygen atoms in total. The van der Waals surface area contributed by atoms with Crippen molar-refractivity contribution in [3.8, 4) is 11.5 Å². The second kappa shape index (κ2) is 9.30. The molecular formula is C27H32N4O3S. The van der Waals surface area contributed by atoms with Crippen LogP contribution in [-0.4, -0.2) is 53.7 Å². The topological polar surface area (TPSA) is 67.8 Å². The Kier molecular flexibility index (Phi) is 6.00. The van der Waals surface area contributed by atoms with Crippen molar-refractivity contribution in [1.29, 1.82) is 0 Å². The zero-order valence-electron chi connectivity index (χ0n) is 20.5. The summed E-state index contributed by atoms with van der Waals surface area (Å²) in [5.41, 5.74) is 2.12. The minimum absolute atomic E-state index is 0.0429. The van der Waals surface area contributed by atoms with Gasteiger partial charge in [0.1, 0.15) is 16.5 Å². The Balaban J connectivity index is 1.25. The smallest absolute Gasteiger partial charge is 0.254 e. The Morgan fingerprint density at radius 2 is 1.97 bits per heavy atom. The molecular weight excluding hydrogens is 460 g/mol. The molecule has 1 amide bonds. The number of aromatic nitrogens is 2. The van der Waals surface area contributed by atoms with Crippen LogP contribution in [0.25, 0.3) is 10.2 Å². The number of amides is 1. The Morgan fingerprint density at radius 1 is 1.14 bits per heavy atom. The van der Waals surface area contributed by atoms with Gasteiger partial charge in [0.25, 0.3) is 5.91 Å². The summed E-state index contributed by atoms with van der Waals surface area (Å²) in [6, 6.07) is 5.44. The molecule has 3 aromatic rings. The van der Waals surface area contributed by atoms with Crippen LogP contribution < -0.4 is 14.4 Å². The average molecular weight is 493 g/mol. The van der Waals surface area contributed by atoms with Gasteiger partial charge in [0.15, 0.2) is 11.5 Å². The lowest BCUT2D eigenvalue weighted by Gasteiger charge is -2.36. The van der Waals surface area contributed by atoms with Gasteiger partial charge in [0.05, 0.1) is 5.39 Å². The Bertz CT molecular complexity index is 1270. The standard InChI is InChI=1S/C27H32N4O3S/c1-3-4-5-23-28-25(24-19-8-6-17(2)14-22(19)35-26(24)29-23)30-10-12-31(13-11-30)27(32)18-7-9-20-21(15-18)34-16-33-20/h7,9,15,17H,3-6,8,10-14,16H2,1-2H3. The summed E-state index contributed by atoms with van der Waals surface area (Å²) in [7, 11) is 0. The van der Waals surface area contributed by atoms with Gasteiger partial charge in [-0.2, -0.15) is 0 Å². The van der Waals surface area contributed by atoms with E-state index in [-0.39, 0.29) is 12.7 Å². The average Bonchev–Trinajstić information content (AvgIpc) is 3.50. The van der Waals surface area contributed by atoms with Crippen LogP contribution in [0.4, 0.5) is 5.82 Å². The minimum Gasteiger partial charge on any atom is -0.454 e. The van der Waals surface area contributed by atoms with E-state index in [1.54, 1.807) is 6.07 Å². The number of rotatable bonds is 5. The van der Waals surface area contributed by atoms with Crippen LogP contribution in [0.1, 0.15) is 59.7 Å². The van der Waals surface area contributed by atoms with E-state index in [1.807, 2.05) is 28.4 Å². The maximum Gasteiger partial charge on any atom is 0.254 e. The number of carbonyl (C=O) groups is 1. The van der Waals surface area contributed by atoms with Crippen LogP contribution in [0.5, 0.6) is 11.5 Å². The molecule has 3 aliphatic rings. The van der Waals surface area contributed by atoms with Crippen molar-refractivity contribution in [2.24, 2.45) is 5.92 Å². The summed E-state index contributed by atoms with van der Waals surface area (Å²) in [6.45, 7) is 7.67. The summed E-state index contributed by atoms with van der Waals surface area (Å²) < 4.78 is 10.8. The first-order valence-corrected chi connectivity index (χ1v) is 13.7. The highest BCUT2D eigenvalue weighted by Gasteiger charge is 2.29. The quantitative estimate of drug-likeness (QED) is 0.507. The second-order valence-electron chi connectivity index (χ2n) is 9.95. The molecule has 1 fully saturated rings. The third-order valence-electron chi connectivity index (χ3n) is 7.42. The van der Waals surface area contributed by atoms with Gasteiger partial charge in [-0.05, 0) is 55.4 Å². The van der Waals surface area contributed by atoms with Crippen LogP contribution in [0.2, 0.25) is 0 Å². The lowest BCUT2D eigenvalue weighted by atomic mass is 9.89. The normalized spacial score (nSPS) is 19.3. The zero-order valence-corrected chi connectivity index (χ0v) is 21.3. The van der Waals surface area contributed by atoms with Crippen LogP contribution in [0.3, 0.4) is 0 Å².